The van der Waals surface area contributed by atoms with Gasteiger partial charge in [0, 0.05) is 32.6 Å². The zero-order valence-electron chi connectivity index (χ0n) is 19.2. The molecule has 5 N–H and O–H groups in total. The molecular weight excluding hydrogens is 467 g/mol. The van der Waals surface area contributed by atoms with E-state index in [2.05, 4.69) is 10.6 Å². The summed E-state index contributed by atoms with van der Waals surface area (Å²) < 4.78 is 51.2. The van der Waals surface area contributed by atoms with Crippen LogP contribution in [0, 0.1) is 0 Å². The van der Waals surface area contributed by atoms with Crippen LogP contribution in [0.25, 0.3) is 0 Å². The average molecular weight is 495 g/mol. The smallest absolute Gasteiger partial charge is 0.419 e. The number of hydrogen-bond donors (Lipinski definition) is 4. The van der Waals surface area contributed by atoms with Crippen molar-refractivity contribution in [1.82, 2.24) is 10.6 Å². The Balaban J connectivity index is 1.68. The minimum Gasteiger partial charge on any atom is -0.457 e. The molecule has 0 radical (unpaired) electrons. The van der Waals surface area contributed by atoms with E-state index in [1.165, 1.54) is 31.2 Å². The van der Waals surface area contributed by atoms with Gasteiger partial charge >= 0.3 is 6.18 Å². The molecule has 1 fully saturated rings. The number of aliphatic hydroxyl groups excluding tert-OH is 1. The number of alkyl halides is 3. The Bertz CT molecular complexity index is 1040. The fourth-order valence-corrected chi connectivity index (χ4v) is 3.72. The van der Waals surface area contributed by atoms with E-state index in [0.29, 0.717) is 31.6 Å². The van der Waals surface area contributed by atoms with Gasteiger partial charge < -0.3 is 30.9 Å². The third kappa shape index (κ3) is 6.71. The molecule has 0 aromatic heterocycles. The zero-order chi connectivity index (χ0) is 25.6. The van der Waals surface area contributed by atoms with Crippen molar-refractivity contribution < 1.29 is 37.3 Å². The Labute approximate surface area is 200 Å². The Morgan fingerprint density at radius 2 is 1.83 bits per heavy atom. The van der Waals surface area contributed by atoms with Crippen molar-refractivity contribution in [2.75, 3.05) is 19.8 Å². The van der Waals surface area contributed by atoms with Gasteiger partial charge in [-0.15, -0.1) is 0 Å². The topological polar surface area (TPSA) is 123 Å². The molecule has 8 nitrogen and oxygen atoms in total. The number of benzene rings is 2. The molecule has 0 spiro atoms. The van der Waals surface area contributed by atoms with Crippen molar-refractivity contribution in [1.29, 1.82) is 0 Å². The lowest BCUT2D eigenvalue weighted by Gasteiger charge is -2.36. The van der Waals surface area contributed by atoms with Crippen LogP contribution in [-0.4, -0.2) is 42.2 Å². The lowest BCUT2D eigenvalue weighted by molar-refractivity contribution is -0.138. The monoisotopic (exact) mass is 495 g/mol. The van der Waals surface area contributed by atoms with E-state index in [4.69, 9.17) is 15.2 Å². The summed E-state index contributed by atoms with van der Waals surface area (Å²) in [7, 11) is 0. The molecule has 2 amide bonds. The number of carbonyl (C=O) groups excluding carboxylic acids is 2. The molecule has 0 saturated carbocycles. The lowest BCUT2D eigenvalue weighted by Crippen LogP contribution is -2.62. The number of nitrogens with two attached hydrogens (primary N) is 1. The van der Waals surface area contributed by atoms with E-state index in [0.717, 1.165) is 6.07 Å². The van der Waals surface area contributed by atoms with Gasteiger partial charge in [0.25, 0.3) is 0 Å². The first kappa shape index (κ1) is 26.5. The summed E-state index contributed by atoms with van der Waals surface area (Å²) in [6, 6.07) is 9.61. The van der Waals surface area contributed by atoms with Crippen LogP contribution >= 0.6 is 0 Å². The molecule has 1 atom stereocenters. The third-order valence-electron chi connectivity index (χ3n) is 5.74. The highest BCUT2D eigenvalue weighted by Gasteiger charge is 2.41. The van der Waals surface area contributed by atoms with Crippen molar-refractivity contribution in [3.05, 3.63) is 59.2 Å². The number of rotatable bonds is 8. The van der Waals surface area contributed by atoms with Gasteiger partial charge in [-0.3, -0.25) is 9.59 Å². The van der Waals surface area contributed by atoms with Crippen LogP contribution in [0.3, 0.4) is 0 Å². The van der Waals surface area contributed by atoms with Gasteiger partial charge in [-0.1, -0.05) is 18.2 Å². The molecule has 1 saturated heterocycles. The summed E-state index contributed by atoms with van der Waals surface area (Å²) in [5.74, 6) is -1.02. The van der Waals surface area contributed by atoms with Gasteiger partial charge in [-0.25, -0.2) is 0 Å². The minimum atomic E-state index is -4.66. The highest BCUT2D eigenvalue weighted by Crippen LogP contribution is 2.39. The molecule has 1 aliphatic heterocycles. The molecule has 1 heterocycles. The van der Waals surface area contributed by atoms with Crippen LogP contribution in [0.2, 0.25) is 0 Å². The number of carbonyl (C=O) groups is 2. The standard InChI is InChI=1S/C24H28F3N3O5/c1-15(31)17-4-7-20(19(12-17)24(25,26)27)35-18-5-2-16(3-6-18)14-29-22(33)23(30-21(32)13-28)8-10-34-11-9-23/h2-7,12,15,31H,8-11,13-14,28H2,1H3,(H,29,33)(H,30,32). The number of hydrogen-bond acceptors (Lipinski definition) is 6. The van der Waals surface area contributed by atoms with Crippen molar-refractivity contribution >= 4 is 11.8 Å². The van der Waals surface area contributed by atoms with Crippen LogP contribution in [-0.2, 0) is 27.0 Å². The predicted octanol–water partition coefficient (Wildman–Crippen LogP) is 2.79. The summed E-state index contributed by atoms with van der Waals surface area (Å²) in [6.45, 7) is 1.92. The number of aliphatic hydroxyl groups is 1. The maximum absolute atomic E-state index is 13.5. The van der Waals surface area contributed by atoms with E-state index >= 15 is 0 Å². The largest absolute Gasteiger partial charge is 0.457 e. The van der Waals surface area contributed by atoms with Gasteiger partial charge in [0.15, 0.2) is 0 Å². The van der Waals surface area contributed by atoms with E-state index in [-0.39, 0.29) is 36.1 Å². The van der Waals surface area contributed by atoms with Crippen LogP contribution in [0.1, 0.15) is 42.6 Å². The Morgan fingerprint density at radius 3 is 2.40 bits per heavy atom. The molecule has 0 bridgehead atoms. The first-order chi connectivity index (χ1) is 16.5. The molecule has 35 heavy (non-hydrogen) atoms. The SMILES string of the molecule is CC(O)c1ccc(Oc2ccc(CNC(=O)C3(NC(=O)CN)CCOCC3)cc2)c(C(F)(F)F)c1. The Hall–Kier alpha value is -3.15. The van der Waals surface area contributed by atoms with Crippen molar-refractivity contribution in [2.24, 2.45) is 5.73 Å². The van der Waals surface area contributed by atoms with E-state index in [9.17, 15) is 27.9 Å². The van der Waals surface area contributed by atoms with Gasteiger partial charge in [0.05, 0.1) is 18.2 Å². The quantitative estimate of drug-likeness (QED) is 0.447. The first-order valence-corrected chi connectivity index (χ1v) is 11.1. The van der Waals surface area contributed by atoms with E-state index in [1.54, 1.807) is 12.1 Å². The molecular formula is C24H28F3N3O5. The van der Waals surface area contributed by atoms with Gasteiger partial charge in [0.1, 0.15) is 17.0 Å². The second kappa shape index (κ2) is 11.1. The van der Waals surface area contributed by atoms with Crippen LogP contribution in [0.4, 0.5) is 13.2 Å². The summed E-state index contributed by atoms with van der Waals surface area (Å²) >= 11 is 0. The molecule has 2 aromatic rings. The van der Waals surface area contributed by atoms with E-state index in [1.807, 2.05) is 0 Å². The van der Waals surface area contributed by atoms with Gasteiger partial charge in [-0.05, 0) is 42.3 Å². The van der Waals surface area contributed by atoms with Crippen molar-refractivity contribution in [3.63, 3.8) is 0 Å². The Kier molecular flexibility index (Phi) is 8.36. The summed E-state index contributed by atoms with van der Waals surface area (Å²) in [4.78, 5) is 24.7. The second-order valence-electron chi connectivity index (χ2n) is 8.30. The summed E-state index contributed by atoms with van der Waals surface area (Å²) in [5, 5.41) is 15.1. The van der Waals surface area contributed by atoms with Gasteiger partial charge in [-0.2, -0.15) is 13.2 Å². The van der Waals surface area contributed by atoms with Crippen LogP contribution in [0.5, 0.6) is 11.5 Å². The minimum absolute atomic E-state index is 0.126. The fourth-order valence-electron chi connectivity index (χ4n) is 3.72. The second-order valence-corrected chi connectivity index (χ2v) is 8.30. The first-order valence-electron chi connectivity index (χ1n) is 11.1. The molecule has 1 aliphatic rings. The maximum atomic E-state index is 13.5. The number of amides is 2. The van der Waals surface area contributed by atoms with Crippen molar-refractivity contribution in [2.45, 2.75) is 44.1 Å². The van der Waals surface area contributed by atoms with Crippen molar-refractivity contribution in [3.8, 4) is 11.5 Å². The lowest BCUT2D eigenvalue weighted by atomic mass is 9.88. The number of halogens is 3. The summed E-state index contributed by atoms with van der Waals surface area (Å²) in [6.07, 6.45) is -5.09. The predicted molar refractivity (Wildman–Crippen MR) is 120 cm³/mol. The fraction of sp³-hybridized carbons (Fsp3) is 0.417. The number of nitrogens with one attached hydrogen (secondary N) is 2. The van der Waals surface area contributed by atoms with Gasteiger partial charge in [0.2, 0.25) is 11.8 Å². The third-order valence-corrected chi connectivity index (χ3v) is 5.74. The average Bonchev–Trinajstić information content (AvgIpc) is 2.83. The molecule has 190 valence electrons. The molecule has 2 aromatic carbocycles. The number of ether oxygens (including phenoxy) is 2. The maximum Gasteiger partial charge on any atom is 0.419 e. The summed E-state index contributed by atoms with van der Waals surface area (Å²) in [5.41, 5.74) is 4.08. The highest BCUT2D eigenvalue weighted by molar-refractivity contribution is 5.92. The zero-order valence-corrected chi connectivity index (χ0v) is 19.2. The molecule has 1 unspecified atom stereocenters. The molecule has 0 aliphatic carbocycles. The van der Waals surface area contributed by atoms with Crippen LogP contribution in [0.15, 0.2) is 42.5 Å². The van der Waals surface area contributed by atoms with Crippen LogP contribution < -0.4 is 21.1 Å². The van der Waals surface area contributed by atoms with E-state index < -0.39 is 29.3 Å². The Morgan fingerprint density at radius 1 is 1.17 bits per heavy atom. The molecule has 11 heteroatoms. The highest BCUT2D eigenvalue weighted by atomic mass is 19.4. The molecule has 3 rings (SSSR count). The normalized spacial score (nSPS) is 16.3.